The van der Waals surface area contributed by atoms with Crippen molar-refractivity contribution in [1.82, 2.24) is 9.97 Å². The molecular formula is C13H15N3O2. The number of aromatic amines is 1. The predicted molar refractivity (Wildman–Crippen MR) is 68.5 cm³/mol. The van der Waals surface area contributed by atoms with Crippen molar-refractivity contribution in [3.63, 3.8) is 0 Å². The number of rotatable bonds is 4. The van der Waals surface area contributed by atoms with Crippen molar-refractivity contribution in [2.24, 2.45) is 0 Å². The number of amides is 1. The summed E-state index contributed by atoms with van der Waals surface area (Å²) in [5.74, 6) is 0.852. The van der Waals surface area contributed by atoms with E-state index in [4.69, 9.17) is 4.74 Å². The van der Waals surface area contributed by atoms with Crippen molar-refractivity contribution in [2.75, 3.05) is 5.32 Å². The first-order valence-electron chi connectivity index (χ1n) is 5.69. The average Bonchev–Trinajstić information content (AvgIpc) is 2.76. The van der Waals surface area contributed by atoms with Gasteiger partial charge in [-0.3, -0.25) is 10.1 Å². The largest absolute Gasteiger partial charge is 0.481 e. The predicted octanol–water partition coefficient (Wildman–Crippen LogP) is 2.12. The lowest BCUT2D eigenvalue weighted by Crippen LogP contribution is -2.30. The summed E-state index contributed by atoms with van der Waals surface area (Å²) in [5, 5.41) is 2.65. The number of carbonyl (C=O) groups excluding carboxylic acids is 1. The number of ether oxygens (including phenoxy) is 1. The van der Waals surface area contributed by atoms with Gasteiger partial charge in [0.2, 0.25) is 5.95 Å². The third-order valence-corrected chi connectivity index (χ3v) is 2.37. The minimum atomic E-state index is -0.585. The molecule has 1 atom stereocenters. The Bertz CT molecular complexity index is 522. The maximum Gasteiger partial charge on any atom is 0.267 e. The molecule has 18 heavy (non-hydrogen) atoms. The van der Waals surface area contributed by atoms with Gasteiger partial charge in [-0.15, -0.1) is 0 Å². The van der Waals surface area contributed by atoms with Crippen LogP contribution in [0.3, 0.4) is 0 Å². The summed E-state index contributed by atoms with van der Waals surface area (Å²) in [6.45, 7) is 3.56. The van der Waals surface area contributed by atoms with Gasteiger partial charge in [0, 0.05) is 11.9 Å². The molecule has 0 radical (unpaired) electrons. The van der Waals surface area contributed by atoms with Gasteiger partial charge < -0.3 is 9.72 Å². The molecule has 0 aliphatic rings. The van der Waals surface area contributed by atoms with Crippen LogP contribution in [0.5, 0.6) is 5.75 Å². The first-order chi connectivity index (χ1) is 8.65. The Morgan fingerprint density at radius 2 is 2.11 bits per heavy atom. The molecule has 2 N–H and O–H groups in total. The molecule has 0 aliphatic carbocycles. The summed E-state index contributed by atoms with van der Waals surface area (Å²) < 4.78 is 5.50. The van der Waals surface area contributed by atoms with Crippen molar-refractivity contribution in [2.45, 2.75) is 20.0 Å². The Balaban J connectivity index is 1.93. The third-order valence-electron chi connectivity index (χ3n) is 2.37. The minimum absolute atomic E-state index is 0.242. The number of H-pyrrole nitrogens is 1. The monoisotopic (exact) mass is 245 g/mol. The van der Waals surface area contributed by atoms with E-state index in [0.717, 1.165) is 5.69 Å². The summed E-state index contributed by atoms with van der Waals surface area (Å²) in [7, 11) is 0. The van der Waals surface area contributed by atoms with Gasteiger partial charge in [0.1, 0.15) is 5.75 Å². The Morgan fingerprint density at radius 1 is 1.39 bits per heavy atom. The van der Waals surface area contributed by atoms with Gasteiger partial charge in [-0.25, -0.2) is 4.98 Å². The van der Waals surface area contributed by atoms with E-state index >= 15 is 0 Å². The summed E-state index contributed by atoms with van der Waals surface area (Å²) in [5.41, 5.74) is 0.891. The second kappa shape index (κ2) is 5.35. The molecule has 0 unspecified atom stereocenters. The lowest BCUT2D eigenvalue weighted by molar-refractivity contribution is -0.122. The average molecular weight is 245 g/mol. The number of aromatic nitrogens is 2. The molecular weight excluding hydrogens is 230 g/mol. The van der Waals surface area contributed by atoms with Crippen molar-refractivity contribution >= 4 is 11.9 Å². The summed E-state index contributed by atoms with van der Waals surface area (Å²) >= 11 is 0. The van der Waals surface area contributed by atoms with Crippen LogP contribution in [0.2, 0.25) is 0 Å². The first kappa shape index (κ1) is 12.2. The number of nitrogens with zero attached hydrogens (tertiary/aromatic N) is 1. The molecule has 5 heteroatoms. The van der Waals surface area contributed by atoms with Crippen LogP contribution >= 0.6 is 0 Å². The number of nitrogens with one attached hydrogen (secondary N) is 2. The van der Waals surface area contributed by atoms with Crippen molar-refractivity contribution < 1.29 is 9.53 Å². The van der Waals surface area contributed by atoms with Crippen LogP contribution in [0.4, 0.5) is 5.95 Å². The number of para-hydroxylation sites is 1. The number of hydrogen-bond acceptors (Lipinski definition) is 3. The molecule has 0 fully saturated rings. The second-order valence-corrected chi connectivity index (χ2v) is 3.98. The molecule has 0 bridgehead atoms. The normalized spacial score (nSPS) is 11.9. The number of benzene rings is 1. The van der Waals surface area contributed by atoms with E-state index < -0.39 is 6.10 Å². The van der Waals surface area contributed by atoms with E-state index in [0.29, 0.717) is 11.7 Å². The van der Waals surface area contributed by atoms with Crippen molar-refractivity contribution in [1.29, 1.82) is 0 Å². The summed E-state index contributed by atoms with van der Waals surface area (Å²) in [6.07, 6.45) is 1.07. The number of aryl methyl sites for hydroxylation is 1. The fourth-order valence-corrected chi connectivity index (χ4v) is 1.45. The second-order valence-electron chi connectivity index (χ2n) is 3.98. The van der Waals surface area contributed by atoms with Crippen LogP contribution in [-0.4, -0.2) is 22.0 Å². The van der Waals surface area contributed by atoms with Gasteiger partial charge in [0.25, 0.3) is 5.91 Å². The molecule has 0 spiro atoms. The highest BCUT2D eigenvalue weighted by Crippen LogP contribution is 2.11. The number of anilines is 1. The van der Waals surface area contributed by atoms with Gasteiger partial charge in [-0.1, -0.05) is 18.2 Å². The van der Waals surface area contributed by atoms with Gasteiger partial charge >= 0.3 is 0 Å². The molecule has 2 aromatic rings. The zero-order valence-electron chi connectivity index (χ0n) is 10.3. The number of carbonyl (C=O) groups is 1. The molecule has 94 valence electrons. The van der Waals surface area contributed by atoms with E-state index in [1.54, 1.807) is 25.3 Å². The van der Waals surface area contributed by atoms with Crippen molar-refractivity contribution in [3.05, 3.63) is 42.2 Å². The Morgan fingerprint density at radius 3 is 2.72 bits per heavy atom. The van der Waals surface area contributed by atoms with Gasteiger partial charge in [-0.2, -0.15) is 0 Å². The SMILES string of the molecule is Cc1cnc(NC(=O)[C@@H](C)Oc2ccccc2)[nH]1. The fraction of sp³-hybridized carbons (Fsp3) is 0.231. The van der Waals surface area contributed by atoms with Crippen molar-refractivity contribution in [3.8, 4) is 5.75 Å². The van der Waals surface area contributed by atoms with Crippen LogP contribution in [0, 0.1) is 6.92 Å². The standard InChI is InChI=1S/C13H15N3O2/c1-9-8-14-13(15-9)16-12(17)10(2)18-11-6-4-3-5-7-11/h3-8,10H,1-2H3,(H2,14,15,16,17)/t10-/m1/s1. The van der Waals surface area contributed by atoms with Gasteiger partial charge in [-0.05, 0) is 26.0 Å². The van der Waals surface area contributed by atoms with Gasteiger partial charge in [0.15, 0.2) is 6.10 Å². The molecule has 0 aliphatic heterocycles. The van der Waals surface area contributed by atoms with Crippen LogP contribution in [-0.2, 0) is 4.79 Å². The van der Waals surface area contributed by atoms with Crippen LogP contribution in [0.25, 0.3) is 0 Å². The quantitative estimate of drug-likeness (QED) is 0.867. The van der Waals surface area contributed by atoms with E-state index in [1.807, 2.05) is 25.1 Å². The lowest BCUT2D eigenvalue weighted by Gasteiger charge is -2.13. The number of imidazole rings is 1. The summed E-state index contributed by atoms with van der Waals surface area (Å²) in [4.78, 5) is 18.8. The Labute approximate surface area is 105 Å². The first-order valence-corrected chi connectivity index (χ1v) is 5.69. The Kier molecular flexibility index (Phi) is 3.62. The molecule has 2 rings (SSSR count). The lowest BCUT2D eigenvalue weighted by atomic mass is 10.3. The summed E-state index contributed by atoms with van der Waals surface area (Å²) in [6, 6.07) is 9.22. The van der Waals surface area contributed by atoms with Crippen LogP contribution in [0.1, 0.15) is 12.6 Å². The highest BCUT2D eigenvalue weighted by Gasteiger charge is 2.15. The van der Waals surface area contributed by atoms with E-state index in [9.17, 15) is 4.79 Å². The van der Waals surface area contributed by atoms with Crippen LogP contribution < -0.4 is 10.1 Å². The molecule has 0 saturated carbocycles. The number of hydrogen-bond donors (Lipinski definition) is 2. The Hall–Kier alpha value is -2.30. The molecule has 1 heterocycles. The molecule has 1 aromatic carbocycles. The highest BCUT2D eigenvalue weighted by atomic mass is 16.5. The van der Waals surface area contributed by atoms with E-state index in [-0.39, 0.29) is 5.91 Å². The molecule has 5 nitrogen and oxygen atoms in total. The van der Waals surface area contributed by atoms with Gasteiger partial charge in [0.05, 0.1) is 0 Å². The molecule has 0 saturated heterocycles. The smallest absolute Gasteiger partial charge is 0.267 e. The minimum Gasteiger partial charge on any atom is -0.481 e. The van der Waals surface area contributed by atoms with Crippen LogP contribution in [0.15, 0.2) is 36.5 Å². The topological polar surface area (TPSA) is 67.0 Å². The molecule has 1 amide bonds. The maximum absolute atomic E-state index is 11.8. The van der Waals surface area contributed by atoms with E-state index in [1.165, 1.54) is 0 Å². The fourth-order valence-electron chi connectivity index (χ4n) is 1.45. The zero-order valence-corrected chi connectivity index (χ0v) is 10.3. The zero-order chi connectivity index (χ0) is 13.0. The highest BCUT2D eigenvalue weighted by molar-refractivity contribution is 5.92. The third kappa shape index (κ3) is 3.10. The maximum atomic E-state index is 11.8. The molecule has 1 aromatic heterocycles. The van der Waals surface area contributed by atoms with E-state index in [2.05, 4.69) is 15.3 Å².